The molecule has 0 fully saturated rings. The Bertz CT molecular complexity index is 478. The van der Waals surface area contributed by atoms with Crippen LogP contribution in [0.5, 0.6) is 0 Å². The zero-order valence-corrected chi connectivity index (χ0v) is 12.0. The monoisotopic (exact) mass is 265 g/mol. The Morgan fingerprint density at radius 1 is 1.35 bits per heavy atom. The summed E-state index contributed by atoms with van der Waals surface area (Å²) in [5.41, 5.74) is 7.69. The minimum Gasteiger partial charge on any atom is -0.327 e. The molecule has 0 aliphatic carbocycles. The molecule has 0 aliphatic rings. The minimum atomic E-state index is 0.264. The molecule has 3 heteroatoms. The lowest BCUT2D eigenvalue weighted by atomic mass is 9.97. The van der Waals surface area contributed by atoms with Crippen molar-refractivity contribution in [1.29, 1.82) is 0 Å². The van der Waals surface area contributed by atoms with Crippen molar-refractivity contribution in [3.05, 3.63) is 35.2 Å². The summed E-state index contributed by atoms with van der Waals surface area (Å²) >= 11 is 3.70. The zero-order chi connectivity index (χ0) is 12.3. The maximum atomic E-state index is 6.28. The largest absolute Gasteiger partial charge is 0.327 e. The lowest BCUT2D eigenvalue weighted by molar-refractivity contribution is 0.499. The van der Waals surface area contributed by atoms with Gasteiger partial charge in [0.25, 0.3) is 0 Å². The van der Waals surface area contributed by atoms with Crippen molar-refractivity contribution in [2.24, 2.45) is 11.7 Å². The van der Waals surface area contributed by atoms with Crippen molar-refractivity contribution in [2.45, 2.75) is 19.4 Å². The average molecular weight is 265 g/mol. The van der Waals surface area contributed by atoms with Gasteiger partial charge in [-0.25, -0.2) is 0 Å². The molecular formula is C14H19NS2. The summed E-state index contributed by atoms with van der Waals surface area (Å²) in [5.74, 6) is 1.71. The molecule has 17 heavy (non-hydrogen) atoms. The van der Waals surface area contributed by atoms with Crippen molar-refractivity contribution in [1.82, 2.24) is 0 Å². The number of nitrogens with two attached hydrogens (primary N) is 1. The number of hydrogen-bond acceptors (Lipinski definition) is 3. The molecule has 1 heterocycles. The first-order chi connectivity index (χ1) is 8.22. The molecule has 2 unspecified atom stereocenters. The summed E-state index contributed by atoms with van der Waals surface area (Å²) in [6, 6.07) is 8.85. The van der Waals surface area contributed by atoms with Gasteiger partial charge < -0.3 is 5.73 Å². The van der Waals surface area contributed by atoms with Gasteiger partial charge in [0, 0.05) is 10.7 Å². The second kappa shape index (κ2) is 5.89. The van der Waals surface area contributed by atoms with Crippen molar-refractivity contribution in [3.8, 4) is 0 Å². The van der Waals surface area contributed by atoms with Gasteiger partial charge in [0.05, 0.1) is 0 Å². The van der Waals surface area contributed by atoms with Crippen LogP contribution in [-0.4, -0.2) is 18.1 Å². The molecule has 2 N–H and O–H groups in total. The van der Waals surface area contributed by atoms with E-state index in [1.54, 1.807) is 0 Å². The highest BCUT2D eigenvalue weighted by Gasteiger charge is 2.14. The molecule has 0 amide bonds. The average Bonchev–Trinajstić information content (AvgIpc) is 2.73. The second-order valence-electron chi connectivity index (χ2n) is 4.56. The van der Waals surface area contributed by atoms with Crippen LogP contribution in [0.2, 0.25) is 0 Å². The Balaban J connectivity index is 2.13. The highest BCUT2D eigenvalue weighted by atomic mass is 32.2. The molecule has 1 aromatic heterocycles. The number of thioether (sulfide) groups is 1. The Morgan fingerprint density at radius 2 is 2.12 bits per heavy atom. The maximum absolute atomic E-state index is 6.28. The molecule has 92 valence electrons. The quantitative estimate of drug-likeness (QED) is 0.890. The summed E-state index contributed by atoms with van der Waals surface area (Å²) in [4.78, 5) is 0. The van der Waals surface area contributed by atoms with E-state index in [4.69, 9.17) is 5.73 Å². The van der Waals surface area contributed by atoms with Crippen LogP contribution in [0, 0.1) is 5.92 Å². The molecule has 0 bridgehead atoms. The molecule has 0 saturated carbocycles. The third-order valence-corrected chi connectivity index (χ3v) is 5.05. The molecule has 2 rings (SSSR count). The molecule has 0 saturated heterocycles. The van der Waals surface area contributed by atoms with E-state index in [9.17, 15) is 0 Å². The Hall–Kier alpha value is -0.510. The van der Waals surface area contributed by atoms with Crippen LogP contribution in [0.25, 0.3) is 10.1 Å². The fraction of sp³-hybridized carbons (Fsp3) is 0.429. The van der Waals surface area contributed by atoms with Crippen molar-refractivity contribution < 1.29 is 0 Å². The summed E-state index contributed by atoms with van der Waals surface area (Å²) < 4.78 is 1.37. The summed E-state index contributed by atoms with van der Waals surface area (Å²) in [7, 11) is 0. The van der Waals surface area contributed by atoms with Crippen molar-refractivity contribution in [2.75, 3.05) is 12.0 Å². The van der Waals surface area contributed by atoms with Crippen LogP contribution in [0.3, 0.4) is 0 Å². The lowest BCUT2D eigenvalue weighted by Crippen LogP contribution is -2.31. The van der Waals surface area contributed by atoms with Gasteiger partial charge in [0.15, 0.2) is 0 Å². The van der Waals surface area contributed by atoms with Crippen molar-refractivity contribution >= 4 is 33.2 Å². The highest BCUT2D eigenvalue weighted by Crippen LogP contribution is 2.27. The molecule has 1 aromatic carbocycles. The van der Waals surface area contributed by atoms with Crippen LogP contribution in [0.15, 0.2) is 29.6 Å². The molecular weight excluding hydrogens is 246 g/mol. The van der Waals surface area contributed by atoms with E-state index in [-0.39, 0.29) is 6.04 Å². The van der Waals surface area contributed by atoms with Crippen LogP contribution in [-0.2, 0) is 6.42 Å². The fourth-order valence-electron chi connectivity index (χ4n) is 2.03. The summed E-state index contributed by atoms with van der Waals surface area (Å²) in [6.45, 7) is 2.25. The van der Waals surface area contributed by atoms with Gasteiger partial charge >= 0.3 is 0 Å². The third-order valence-electron chi connectivity index (χ3n) is 3.18. The van der Waals surface area contributed by atoms with Crippen molar-refractivity contribution in [3.63, 3.8) is 0 Å². The highest BCUT2D eigenvalue weighted by molar-refractivity contribution is 7.98. The topological polar surface area (TPSA) is 26.0 Å². The predicted octanol–water partition coefficient (Wildman–Crippen LogP) is 3.77. The summed E-state index contributed by atoms with van der Waals surface area (Å²) in [5, 5.41) is 3.64. The molecule has 2 atom stereocenters. The van der Waals surface area contributed by atoms with Gasteiger partial charge in [-0.2, -0.15) is 11.8 Å². The van der Waals surface area contributed by atoms with E-state index in [2.05, 4.69) is 42.8 Å². The second-order valence-corrected chi connectivity index (χ2v) is 6.38. The van der Waals surface area contributed by atoms with Gasteiger partial charge in [0.2, 0.25) is 0 Å². The molecule has 2 aromatic rings. The smallest absolute Gasteiger partial charge is 0.0345 e. The normalized spacial score (nSPS) is 15.0. The molecule has 0 spiro atoms. The van der Waals surface area contributed by atoms with Crippen LogP contribution >= 0.6 is 23.1 Å². The summed E-state index contributed by atoms with van der Waals surface area (Å²) in [6.07, 6.45) is 3.13. The van der Waals surface area contributed by atoms with E-state index in [0.29, 0.717) is 5.92 Å². The lowest BCUT2D eigenvalue weighted by Gasteiger charge is -2.18. The minimum absolute atomic E-state index is 0.264. The number of thiophene rings is 1. The Labute approximate surface area is 111 Å². The van der Waals surface area contributed by atoms with Crippen LogP contribution < -0.4 is 5.73 Å². The first-order valence-electron chi connectivity index (χ1n) is 5.92. The van der Waals surface area contributed by atoms with Crippen LogP contribution in [0.1, 0.15) is 12.5 Å². The standard InChI is InChI=1S/C14H19NS2/c1-10(8-16-2)13(15)7-11-9-17-14-6-4-3-5-12(11)14/h3-6,9-10,13H,7-8,15H2,1-2H3. The molecule has 0 radical (unpaired) electrons. The zero-order valence-electron chi connectivity index (χ0n) is 10.3. The predicted molar refractivity (Wildman–Crippen MR) is 81.1 cm³/mol. The number of benzene rings is 1. The van der Waals surface area contributed by atoms with Gasteiger partial charge in [-0.05, 0) is 46.7 Å². The maximum Gasteiger partial charge on any atom is 0.0345 e. The van der Waals surface area contributed by atoms with Gasteiger partial charge in [-0.15, -0.1) is 11.3 Å². The Morgan fingerprint density at radius 3 is 2.88 bits per heavy atom. The van der Waals surface area contributed by atoms with E-state index < -0.39 is 0 Å². The molecule has 0 aliphatic heterocycles. The molecule has 1 nitrogen and oxygen atoms in total. The fourth-order valence-corrected chi connectivity index (χ4v) is 3.78. The van der Waals surface area contributed by atoms with E-state index in [0.717, 1.165) is 12.2 Å². The third kappa shape index (κ3) is 3.03. The number of fused-ring (bicyclic) bond motifs is 1. The van der Waals surface area contributed by atoms with E-state index in [1.807, 2.05) is 23.1 Å². The Kier molecular flexibility index (Phi) is 4.48. The van der Waals surface area contributed by atoms with Crippen LogP contribution in [0.4, 0.5) is 0 Å². The van der Waals surface area contributed by atoms with Gasteiger partial charge in [-0.3, -0.25) is 0 Å². The SMILES string of the molecule is CSCC(C)C(N)Cc1csc2ccccc12. The first-order valence-corrected chi connectivity index (χ1v) is 8.19. The number of rotatable bonds is 5. The van der Waals surface area contributed by atoms with E-state index in [1.165, 1.54) is 15.6 Å². The first kappa shape index (κ1) is 12.9. The van der Waals surface area contributed by atoms with Gasteiger partial charge in [-0.1, -0.05) is 25.1 Å². The van der Waals surface area contributed by atoms with E-state index >= 15 is 0 Å². The van der Waals surface area contributed by atoms with Gasteiger partial charge in [0.1, 0.15) is 0 Å². The number of hydrogen-bond donors (Lipinski definition) is 1.